The third-order valence-corrected chi connectivity index (χ3v) is 4.37. The molecule has 0 saturated carbocycles. The second-order valence-electron chi connectivity index (χ2n) is 5.83. The Balaban J connectivity index is 1.98. The van der Waals surface area contributed by atoms with Crippen LogP contribution in [0.25, 0.3) is 0 Å². The van der Waals surface area contributed by atoms with E-state index in [0.717, 1.165) is 15.8 Å². The summed E-state index contributed by atoms with van der Waals surface area (Å²) >= 11 is 9.36. The molecule has 1 amide bonds. The number of hydrogen-bond donors (Lipinski definition) is 2. The van der Waals surface area contributed by atoms with E-state index < -0.39 is 5.60 Å². The van der Waals surface area contributed by atoms with Gasteiger partial charge in [0.05, 0.1) is 23.3 Å². The smallest absolute Gasteiger partial charge is 0.252 e. The van der Waals surface area contributed by atoms with Gasteiger partial charge in [-0.3, -0.25) is 4.79 Å². The van der Waals surface area contributed by atoms with E-state index in [1.165, 1.54) is 0 Å². The molecule has 2 aromatic rings. The van der Waals surface area contributed by atoms with Crippen molar-refractivity contribution >= 4 is 33.4 Å². The van der Waals surface area contributed by atoms with Gasteiger partial charge in [-0.05, 0) is 42.8 Å². The Kier molecular flexibility index (Phi) is 6.27. The molecule has 2 N–H and O–H groups in total. The fourth-order valence-corrected chi connectivity index (χ4v) is 2.85. The highest BCUT2D eigenvalue weighted by Crippen LogP contribution is 2.21. The molecule has 4 nitrogen and oxygen atoms in total. The van der Waals surface area contributed by atoms with Gasteiger partial charge in [0.25, 0.3) is 5.91 Å². The topological polar surface area (TPSA) is 58.6 Å². The molecule has 0 aromatic heterocycles. The maximum atomic E-state index is 12.3. The van der Waals surface area contributed by atoms with Crippen LogP contribution in [0, 0.1) is 0 Å². The molecule has 0 spiro atoms. The fourth-order valence-electron chi connectivity index (χ4n) is 2.28. The molecule has 0 heterocycles. The van der Waals surface area contributed by atoms with E-state index in [9.17, 15) is 9.90 Å². The first-order chi connectivity index (χ1) is 11.3. The summed E-state index contributed by atoms with van der Waals surface area (Å²) in [5.74, 6) is 0.437. The number of amides is 1. The largest absolute Gasteiger partial charge is 0.497 e. The maximum Gasteiger partial charge on any atom is 0.252 e. The standard InChI is InChI=1S/C18H19BrClNO3/c1-18(23,10-12-3-6-14(24-2)7-4-12)11-21-17(22)15-9-13(19)5-8-16(15)20/h3-9,23H,10-11H2,1-2H3,(H,21,22)/t18-/m1/s1. The molecule has 24 heavy (non-hydrogen) atoms. The number of aliphatic hydroxyl groups is 1. The van der Waals surface area contributed by atoms with E-state index in [1.54, 1.807) is 32.2 Å². The van der Waals surface area contributed by atoms with E-state index in [-0.39, 0.29) is 12.5 Å². The van der Waals surface area contributed by atoms with Gasteiger partial charge in [-0.15, -0.1) is 0 Å². The minimum absolute atomic E-state index is 0.112. The zero-order valence-electron chi connectivity index (χ0n) is 13.5. The predicted molar refractivity (Wildman–Crippen MR) is 98.8 cm³/mol. The van der Waals surface area contributed by atoms with Crippen LogP contribution in [0.3, 0.4) is 0 Å². The molecule has 0 fully saturated rings. The summed E-state index contributed by atoms with van der Waals surface area (Å²) in [6.45, 7) is 1.79. The van der Waals surface area contributed by atoms with Crippen LogP contribution in [0.15, 0.2) is 46.9 Å². The molecule has 0 radical (unpaired) electrons. The van der Waals surface area contributed by atoms with Crippen LogP contribution in [0.4, 0.5) is 0 Å². The van der Waals surface area contributed by atoms with Gasteiger partial charge >= 0.3 is 0 Å². The first kappa shape index (κ1) is 18.8. The Morgan fingerprint density at radius 3 is 2.58 bits per heavy atom. The van der Waals surface area contributed by atoms with Crippen molar-refractivity contribution in [3.05, 3.63) is 63.1 Å². The molecule has 0 saturated heterocycles. The van der Waals surface area contributed by atoms with Crippen molar-refractivity contribution < 1.29 is 14.6 Å². The lowest BCUT2D eigenvalue weighted by molar-refractivity contribution is 0.0552. The number of carbonyl (C=O) groups excluding carboxylic acids is 1. The Morgan fingerprint density at radius 1 is 1.29 bits per heavy atom. The molecule has 128 valence electrons. The van der Waals surface area contributed by atoms with Crippen LogP contribution >= 0.6 is 27.5 Å². The van der Waals surface area contributed by atoms with E-state index >= 15 is 0 Å². The molecule has 1 atom stereocenters. The molecular formula is C18H19BrClNO3. The number of rotatable bonds is 6. The molecule has 0 unspecified atom stereocenters. The Morgan fingerprint density at radius 2 is 1.96 bits per heavy atom. The average molecular weight is 413 g/mol. The van der Waals surface area contributed by atoms with Crippen molar-refractivity contribution in [1.29, 1.82) is 0 Å². The zero-order chi connectivity index (χ0) is 17.7. The highest BCUT2D eigenvalue weighted by molar-refractivity contribution is 9.10. The number of hydrogen-bond acceptors (Lipinski definition) is 3. The number of carbonyl (C=O) groups is 1. The highest BCUT2D eigenvalue weighted by Gasteiger charge is 2.23. The van der Waals surface area contributed by atoms with Crippen LogP contribution in [-0.4, -0.2) is 30.3 Å². The van der Waals surface area contributed by atoms with Crippen LogP contribution < -0.4 is 10.1 Å². The quantitative estimate of drug-likeness (QED) is 0.758. The molecule has 2 aromatic carbocycles. The van der Waals surface area contributed by atoms with E-state index in [2.05, 4.69) is 21.2 Å². The number of halogens is 2. The number of methoxy groups -OCH3 is 1. The minimum Gasteiger partial charge on any atom is -0.497 e. The number of benzene rings is 2. The maximum absolute atomic E-state index is 12.3. The second-order valence-corrected chi connectivity index (χ2v) is 7.15. The highest BCUT2D eigenvalue weighted by atomic mass is 79.9. The number of nitrogens with one attached hydrogen (secondary N) is 1. The Bertz CT molecular complexity index is 717. The summed E-state index contributed by atoms with van der Waals surface area (Å²) in [4.78, 5) is 12.3. The SMILES string of the molecule is COc1ccc(C[C@@](C)(O)CNC(=O)c2cc(Br)ccc2Cl)cc1. The van der Waals surface area contributed by atoms with Gasteiger partial charge in [0.1, 0.15) is 5.75 Å². The van der Waals surface area contributed by atoms with Gasteiger partial charge in [0.2, 0.25) is 0 Å². The Labute approximate surface area is 154 Å². The van der Waals surface area contributed by atoms with Crippen molar-refractivity contribution in [2.45, 2.75) is 18.9 Å². The third-order valence-electron chi connectivity index (χ3n) is 3.55. The van der Waals surface area contributed by atoms with Gasteiger partial charge in [0, 0.05) is 17.4 Å². The molecule has 6 heteroatoms. The van der Waals surface area contributed by atoms with Crippen molar-refractivity contribution in [1.82, 2.24) is 5.32 Å². The van der Waals surface area contributed by atoms with Gasteiger partial charge in [-0.1, -0.05) is 39.7 Å². The van der Waals surface area contributed by atoms with Crippen molar-refractivity contribution in [2.24, 2.45) is 0 Å². The summed E-state index contributed by atoms with van der Waals surface area (Å²) in [5, 5.41) is 13.6. The first-order valence-corrected chi connectivity index (χ1v) is 8.56. The molecule has 0 bridgehead atoms. The molecule has 0 aliphatic rings. The lowest BCUT2D eigenvalue weighted by Gasteiger charge is -2.24. The van der Waals surface area contributed by atoms with Gasteiger partial charge in [-0.25, -0.2) is 0 Å². The average Bonchev–Trinajstić information content (AvgIpc) is 2.55. The minimum atomic E-state index is -1.08. The molecule has 0 aliphatic carbocycles. The Hall–Kier alpha value is -1.56. The van der Waals surface area contributed by atoms with Crippen LogP contribution in [0.1, 0.15) is 22.8 Å². The van der Waals surface area contributed by atoms with Crippen LogP contribution in [-0.2, 0) is 6.42 Å². The number of ether oxygens (including phenoxy) is 1. The van der Waals surface area contributed by atoms with Crippen molar-refractivity contribution in [2.75, 3.05) is 13.7 Å². The zero-order valence-corrected chi connectivity index (χ0v) is 15.8. The van der Waals surface area contributed by atoms with E-state index in [4.69, 9.17) is 16.3 Å². The summed E-state index contributed by atoms with van der Waals surface area (Å²) in [5.41, 5.74) is 0.241. The normalized spacial score (nSPS) is 13.2. The summed E-state index contributed by atoms with van der Waals surface area (Å²) < 4.78 is 5.88. The van der Waals surface area contributed by atoms with Crippen LogP contribution in [0.5, 0.6) is 5.75 Å². The third kappa shape index (κ3) is 5.23. The van der Waals surface area contributed by atoms with Crippen LogP contribution in [0.2, 0.25) is 5.02 Å². The molecular weight excluding hydrogens is 394 g/mol. The van der Waals surface area contributed by atoms with Gasteiger partial charge < -0.3 is 15.2 Å². The first-order valence-electron chi connectivity index (χ1n) is 7.39. The van der Waals surface area contributed by atoms with Gasteiger partial charge in [-0.2, -0.15) is 0 Å². The lowest BCUT2D eigenvalue weighted by Crippen LogP contribution is -2.42. The van der Waals surface area contributed by atoms with Gasteiger partial charge in [0.15, 0.2) is 0 Å². The monoisotopic (exact) mass is 411 g/mol. The fraction of sp³-hybridized carbons (Fsp3) is 0.278. The summed E-state index contributed by atoms with van der Waals surface area (Å²) in [6.07, 6.45) is 0.406. The summed E-state index contributed by atoms with van der Waals surface area (Å²) in [6, 6.07) is 12.5. The lowest BCUT2D eigenvalue weighted by atomic mass is 9.96. The summed E-state index contributed by atoms with van der Waals surface area (Å²) in [7, 11) is 1.60. The molecule has 2 rings (SSSR count). The molecule has 0 aliphatic heterocycles. The second kappa shape index (κ2) is 8.01. The van der Waals surface area contributed by atoms with Crippen molar-refractivity contribution in [3.63, 3.8) is 0 Å². The van der Waals surface area contributed by atoms with E-state index in [1.807, 2.05) is 24.3 Å². The van der Waals surface area contributed by atoms with Crippen molar-refractivity contribution in [3.8, 4) is 5.75 Å². The predicted octanol–water partition coefficient (Wildman–Crippen LogP) is 3.83. The van der Waals surface area contributed by atoms with E-state index in [0.29, 0.717) is 17.0 Å².